The van der Waals surface area contributed by atoms with E-state index in [0.717, 1.165) is 11.1 Å². The normalized spacial score (nSPS) is 12.6. The molecule has 0 aliphatic heterocycles. The van der Waals surface area contributed by atoms with Gasteiger partial charge in [0.2, 0.25) is 0 Å². The van der Waals surface area contributed by atoms with E-state index in [0.29, 0.717) is 15.4 Å². The van der Waals surface area contributed by atoms with E-state index < -0.39 is 0 Å². The number of thioether (sulfide) groups is 1. The fourth-order valence-corrected chi connectivity index (χ4v) is 3.47. The maximum Gasteiger partial charge on any atom is 0.266 e. The Hall–Kier alpha value is -1.34. The number of hydrogen-bond acceptors (Lipinski definition) is 6. The first-order chi connectivity index (χ1) is 9.06. The van der Waals surface area contributed by atoms with E-state index >= 15 is 0 Å². The number of amides is 1. The molecular formula is C12H16N4OS2. The van der Waals surface area contributed by atoms with Crippen molar-refractivity contribution in [3.8, 4) is 0 Å². The SMILES string of the molecule is CSCC(C)N(C)C(=O)c1sc2nnccc2c1N. The number of nitrogen functional groups attached to an aromatic ring is 1. The molecule has 0 saturated carbocycles. The summed E-state index contributed by atoms with van der Waals surface area (Å²) in [4.78, 5) is 15.4. The molecule has 0 spiro atoms. The number of thiophene rings is 1. The standard InChI is InChI=1S/C12H16N4OS2/c1-7(6-18-3)16(2)12(17)10-9(13)8-4-5-14-15-11(8)19-10/h4-5,7H,6,13H2,1-3H3. The molecule has 0 aliphatic rings. The monoisotopic (exact) mass is 296 g/mol. The Morgan fingerprint density at radius 2 is 2.37 bits per heavy atom. The first-order valence-corrected chi connectivity index (χ1v) is 8.03. The van der Waals surface area contributed by atoms with Crippen LogP contribution in [0, 0.1) is 0 Å². The van der Waals surface area contributed by atoms with E-state index in [1.54, 1.807) is 36.0 Å². The van der Waals surface area contributed by atoms with Crippen molar-refractivity contribution in [3.63, 3.8) is 0 Å². The molecule has 19 heavy (non-hydrogen) atoms. The lowest BCUT2D eigenvalue weighted by Crippen LogP contribution is -2.36. The van der Waals surface area contributed by atoms with Gasteiger partial charge in [0.25, 0.3) is 5.91 Å². The van der Waals surface area contributed by atoms with Crippen molar-refractivity contribution >= 4 is 44.9 Å². The molecular weight excluding hydrogens is 280 g/mol. The van der Waals surface area contributed by atoms with Crippen LogP contribution in [0.1, 0.15) is 16.6 Å². The summed E-state index contributed by atoms with van der Waals surface area (Å²) in [5.41, 5.74) is 6.54. The Kier molecular flexibility index (Phi) is 4.26. The Morgan fingerprint density at radius 1 is 1.63 bits per heavy atom. The first kappa shape index (κ1) is 14.1. The number of carbonyl (C=O) groups excluding carboxylic acids is 1. The van der Waals surface area contributed by atoms with Gasteiger partial charge < -0.3 is 10.6 Å². The van der Waals surface area contributed by atoms with Gasteiger partial charge in [0.1, 0.15) is 9.71 Å². The fraction of sp³-hybridized carbons (Fsp3) is 0.417. The fourth-order valence-electron chi connectivity index (χ4n) is 1.75. The summed E-state index contributed by atoms with van der Waals surface area (Å²) in [6, 6.07) is 1.95. The minimum Gasteiger partial charge on any atom is -0.397 e. The van der Waals surface area contributed by atoms with Gasteiger partial charge >= 0.3 is 0 Å². The maximum atomic E-state index is 12.5. The zero-order valence-electron chi connectivity index (χ0n) is 11.1. The lowest BCUT2D eigenvalue weighted by atomic mass is 10.2. The zero-order chi connectivity index (χ0) is 14.0. The van der Waals surface area contributed by atoms with Crippen molar-refractivity contribution in [2.24, 2.45) is 0 Å². The van der Waals surface area contributed by atoms with Crippen LogP contribution in [0.3, 0.4) is 0 Å². The van der Waals surface area contributed by atoms with Gasteiger partial charge in [-0.2, -0.15) is 16.9 Å². The lowest BCUT2D eigenvalue weighted by Gasteiger charge is -2.23. The van der Waals surface area contributed by atoms with Gasteiger partial charge in [0.05, 0.1) is 11.9 Å². The van der Waals surface area contributed by atoms with Crippen LogP contribution in [0.4, 0.5) is 5.69 Å². The van der Waals surface area contributed by atoms with Crippen molar-refractivity contribution in [3.05, 3.63) is 17.1 Å². The number of hydrogen-bond donors (Lipinski definition) is 1. The largest absolute Gasteiger partial charge is 0.397 e. The van der Waals surface area contributed by atoms with Crippen molar-refractivity contribution < 1.29 is 4.79 Å². The maximum absolute atomic E-state index is 12.5. The molecule has 2 N–H and O–H groups in total. The smallest absolute Gasteiger partial charge is 0.266 e. The number of anilines is 1. The number of fused-ring (bicyclic) bond motifs is 1. The molecule has 0 radical (unpaired) electrons. The topological polar surface area (TPSA) is 72.1 Å². The van der Waals surface area contributed by atoms with Gasteiger partial charge in [-0.1, -0.05) is 0 Å². The Morgan fingerprint density at radius 3 is 3.00 bits per heavy atom. The molecule has 2 aromatic heterocycles. The molecule has 102 valence electrons. The zero-order valence-corrected chi connectivity index (χ0v) is 12.7. The van der Waals surface area contributed by atoms with E-state index in [4.69, 9.17) is 5.73 Å². The summed E-state index contributed by atoms with van der Waals surface area (Å²) in [5, 5.41) is 8.61. The summed E-state index contributed by atoms with van der Waals surface area (Å²) in [5.74, 6) is 0.842. The number of nitrogens with two attached hydrogens (primary N) is 1. The Labute approximate surface area is 120 Å². The van der Waals surface area contributed by atoms with Crippen LogP contribution >= 0.6 is 23.1 Å². The van der Waals surface area contributed by atoms with Crippen molar-refractivity contribution in [1.82, 2.24) is 15.1 Å². The predicted octanol–water partition coefficient (Wildman–Crippen LogP) is 2.10. The number of rotatable bonds is 4. The highest BCUT2D eigenvalue weighted by atomic mass is 32.2. The van der Waals surface area contributed by atoms with E-state index in [-0.39, 0.29) is 11.9 Å². The van der Waals surface area contributed by atoms with Crippen LogP contribution in [0.2, 0.25) is 0 Å². The second-order valence-corrected chi connectivity index (χ2v) is 6.23. The van der Waals surface area contributed by atoms with Gasteiger partial charge in [-0.15, -0.1) is 16.4 Å². The third-order valence-corrected chi connectivity index (χ3v) is 4.91. The molecule has 1 unspecified atom stereocenters. The molecule has 5 nitrogen and oxygen atoms in total. The molecule has 2 heterocycles. The molecule has 0 aliphatic carbocycles. The molecule has 2 rings (SSSR count). The number of carbonyl (C=O) groups is 1. The summed E-state index contributed by atoms with van der Waals surface area (Å²) in [7, 11) is 1.80. The van der Waals surface area contributed by atoms with Gasteiger partial charge in [0, 0.05) is 24.2 Å². The number of nitrogens with zero attached hydrogens (tertiary/aromatic N) is 3. The quantitative estimate of drug-likeness (QED) is 0.935. The molecule has 0 fully saturated rings. The lowest BCUT2D eigenvalue weighted by molar-refractivity contribution is 0.0763. The Balaban J connectivity index is 2.33. The second kappa shape index (κ2) is 5.75. The molecule has 0 aromatic carbocycles. The van der Waals surface area contributed by atoms with Crippen LogP contribution in [0.5, 0.6) is 0 Å². The molecule has 7 heteroatoms. The molecule has 0 bridgehead atoms. The molecule has 2 aromatic rings. The minimum atomic E-state index is -0.0537. The molecule has 1 amide bonds. The third kappa shape index (κ3) is 2.66. The number of aromatic nitrogens is 2. The predicted molar refractivity (Wildman–Crippen MR) is 81.8 cm³/mol. The van der Waals surface area contributed by atoms with Crippen molar-refractivity contribution in [2.75, 3.05) is 24.8 Å². The van der Waals surface area contributed by atoms with Gasteiger partial charge in [-0.25, -0.2) is 0 Å². The highest BCUT2D eigenvalue weighted by molar-refractivity contribution is 7.98. The summed E-state index contributed by atoms with van der Waals surface area (Å²) in [6.07, 6.45) is 3.61. The van der Waals surface area contributed by atoms with Gasteiger partial charge in [-0.3, -0.25) is 4.79 Å². The van der Waals surface area contributed by atoms with Crippen molar-refractivity contribution in [2.45, 2.75) is 13.0 Å². The van der Waals surface area contributed by atoms with E-state index in [1.165, 1.54) is 11.3 Å². The average Bonchev–Trinajstić information content (AvgIpc) is 2.75. The highest BCUT2D eigenvalue weighted by Crippen LogP contribution is 2.32. The summed E-state index contributed by atoms with van der Waals surface area (Å²) >= 11 is 3.01. The van der Waals surface area contributed by atoms with Crippen LogP contribution in [-0.4, -0.2) is 46.1 Å². The van der Waals surface area contributed by atoms with E-state index in [9.17, 15) is 4.79 Å². The molecule has 1 atom stereocenters. The average molecular weight is 296 g/mol. The van der Waals surface area contributed by atoms with Crippen LogP contribution in [0.25, 0.3) is 10.2 Å². The van der Waals surface area contributed by atoms with E-state index in [1.807, 2.05) is 13.2 Å². The van der Waals surface area contributed by atoms with Crippen LogP contribution < -0.4 is 5.73 Å². The summed E-state index contributed by atoms with van der Waals surface area (Å²) in [6.45, 7) is 2.03. The van der Waals surface area contributed by atoms with Crippen LogP contribution in [0.15, 0.2) is 12.3 Å². The molecule has 0 saturated heterocycles. The first-order valence-electron chi connectivity index (χ1n) is 5.82. The van der Waals surface area contributed by atoms with Crippen molar-refractivity contribution in [1.29, 1.82) is 0 Å². The van der Waals surface area contributed by atoms with Gasteiger partial charge in [0.15, 0.2) is 0 Å². The second-order valence-electron chi connectivity index (χ2n) is 4.32. The highest BCUT2D eigenvalue weighted by Gasteiger charge is 2.23. The van der Waals surface area contributed by atoms with Gasteiger partial charge in [-0.05, 0) is 19.2 Å². The minimum absolute atomic E-state index is 0.0537. The van der Waals surface area contributed by atoms with E-state index in [2.05, 4.69) is 10.2 Å². The summed E-state index contributed by atoms with van der Waals surface area (Å²) < 4.78 is 0. The van der Waals surface area contributed by atoms with Crippen LogP contribution in [-0.2, 0) is 0 Å². The Bertz CT molecular complexity index is 598. The third-order valence-electron chi connectivity index (χ3n) is 3.00.